The van der Waals surface area contributed by atoms with E-state index in [2.05, 4.69) is 60.7 Å². The van der Waals surface area contributed by atoms with Crippen molar-refractivity contribution in [3.8, 4) is 0 Å². The van der Waals surface area contributed by atoms with Gasteiger partial charge in [0.05, 0.1) is 8.42 Å². The Bertz CT molecular complexity index is 593. The van der Waals surface area contributed by atoms with E-state index >= 15 is 0 Å². The van der Waals surface area contributed by atoms with Gasteiger partial charge in [0.15, 0.2) is 0 Å². The molecule has 0 unspecified atom stereocenters. The minimum absolute atomic E-state index is 1.18. The van der Waals surface area contributed by atoms with Crippen LogP contribution in [0.3, 0.4) is 0 Å². The van der Waals surface area contributed by atoms with Crippen LogP contribution in [0.1, 0.15) is 12.8 Å². The molecule has 0 N–H and O–H groups in total. The van der Waals surface area contributed by atoms with E-state index in [1.54, 1.807) is 0 Å². The fraction of sp³-hybridized carbons (Fsp3) is 0.125. The van der Waals surface area contributed by atoms with Crippen molar-refractivity contribution in [3.05, 3.63) is 65.6 Å². The van der Waals surface area contributed by atoms with E-state index in [4.69, 9.17) is 0 Å². The van der Waals surface area contributed by atoms with Crippen molar-refractivity contribution in [2.24, 2.45) is 0 Å². The van der Waals surface area contributed by atoms with Gasteiger partial charge in [-0.25, -0.2) is 0 Å². The second-order valence-electron chi connectivity index (χ2n) is 4.18. The smallest absolute Gasteiger partial charge is 0.0658 e. The quantitative estimate of drug-likeness (QED) is 0.657. The summed E-state index contributed by atoms with van der Waals surface area (Å²) in [7, 11) is 0. The molecule has 0 atom stereocenters. The Morgan fingerprint density at radius 2 is 1.63 bits per heavy atom. The van der Waals surface area contributed by atoms with Crippen LogP contribution in [0, 0.1) is 0 Å². The SMILES string of the molecule is C1=CC(Sc2ccc(Sc3ccccc3)s2)=CCC1. The molecule has 0 bridgehead atoms. The van der Waals surface area contributed by atoms with Crippen LogP contribution in [0.15, 0.2) is 78.9 Å². The number of allylic oxidation sites excluding steroid dienone is 3. The van der Waals surface area contributed by atoms with Crippen molar-refractivity contribution < 1.29 is 0 Å². The van der Waals surface area contributed by atoms with Gasteiger partial charge in [-0.1, -0.05) is 60.0 Å². The number of hydrogen-bond acceptors (Lipinski definition) is 3. The van der Waals surface area contributed by atoms with E-state index in [0.29, 0.717) is 0 Å². The summed E-state index contributed by atoms with van der Waals surface area (Å²) in [6.45, 7) is 0. The van der Waals surface area contributed by atoms with E-state index in [1.165, 1.54) is 31.1 Å². The van der Waals surface area contributed by atoms with Crippen LogP contribution < -0.4 is 0 Å². The molecule has 0 spiro atoms. The van der Waals surface area contributed by atoms with Crippen LogP contribution in [0.25, 0.3) is 0 Å². The first-order chi connectivity index (χ1) is 9.40. The third-order valence-corrected chi connectivity index (χ3v) is 6.09. The maximum atomic E-state index is 2.33. The Morgan fingerprint density at radius 1 is 0.842 bits per heavy atom. The zero-order valence-corrected chi connectivity index (χ0v) is 12.9. The van der Waals surface area contributed by atoms with Gasteiger partial charge in [-0.3, -0.25) is 0 Å². The number of rotatable bonds is 4. The second kappa shape index (κ2) is 6.51. The number of thioether (sulfide) groups is 1. The molecule has 96 valence electrons. The predicted octanol–water partition coefficient (Wildman–Crippen LogP) is 6.23. The van der Waals surface area contributed by atoms with Gasteiger partial charge in [0.2, 0.25) is 0 Å². The summed E-state index contributed by atoms with van der Waals surface area (Å²) in [5.74, 6) is 0. The third-order valence-electron chi connectivity index (χ3n) is 2.70. The van der Waals surface area contributed by atoms with Gasteiger partial charge in [-0.2, -0.15) is 0 Å². The number of benzene rings is 1. The summed E-state index contributed by atoms with van der Waals surface area (Å²) in [6.07, 6.45) is 9.18. The first-order valence-electron chi connectivity index (χ1n) is 6.27. The molecule has 0 radical (unpaired) electrons. The van der Waals surface area contributed by atoms with Gasteiger partial charge < -0.3 is 0 Å². The summed E-state index contributed by atoms with van der Waals surface area (Å²) in [5.41, 5.74) is 0. The van der Waals surface area contributed by atoms with E-state index < -0.39 is 0 Å². The summed E-state index contributed by atoms with van der Waals surface area (Å²) in [6, 6.07) is 15.0. The van der Waals surface area contributed by atoms with Crippen LogP contribution in [0.2, 0.25) is 0 Å². The summed E-state index contributed by atoms with van der Waals surface area (Å²) < 4.78 is 2.73. The van der Waals surface area contributed by atoms with Gasteiger partial charge >= 0.3 is 0 Å². The van der Waals surface area contributed by atoms with Crippen molar-refractivity contribution in [1.82, 2.24) is 0 Å². The summed E-state index contributed by atoms with van der Waals surface area (Å²) in [5, 5.41) is 0. The monoisotopic (exact) mass is 302 g/mol. The Balaban J connectivity index is 1.66. The van der Waals surface area contributed by atoms with Gasteiger partial charge in [0.1, 0.15) is 0 Å². The molecule has 0 saturated heterocycles. The highest BCUT2D eigenvalue weighted by Crippen LogP contribution is 2.40. The molecule has 3 rings (SSSR count). The predicted molar refractivity (Wildman–Crippen MR) is 87.2 cm³/mol. The van der Waals surface area contributed by atoms with Gasteiger partial charge in [0.25, 0.3) is 0 Å². The molecule has 19 heavy (non-hydrogen) atoms. The van der Waals surface area contributed by atoms with Gasteiger partial charge in [-0.15, -0.1) is 11.3 Å². The first-order valence-corrected chi connectivity index (χ1v) is 8.72. The normalized spacial score (nSPS) is 14.4. The highest BCUT2D eigenvalue weighted by atomic mass is 32.2. The van der Waals surface area contributed by atoms with Crippen LogP contribution in [-0.4, -0.2) is 0 Å². The lowest BCUT2D eigenvalue weighted by molar-refractivity contribution is 1.03. The molecule has 0 saturated carbocycles. The molecular weight excluding hydrogens is 288 g/mol. The molecule has 1 aromatic heterocycles. The van der Waals surface area contributed by atoms with Gasteiger partial charge in [-0.05, 0) is 37.1 Å². The molecule has 2 aromatic rings. The second-order valence-corrected chi connectivity index (χ2v) is 8.01. The maximum absolute atomic E-state index is 2.33. The molecule has 0 nitrogen and oxygen atoms in total. The lowest BCUT2D eigenvalue weighted by atomic mass is 10.2. The van der Waals surface area contributed by atoms with Crippen molar-refractivity contribution in [3.63, 3.8) is 0 Å². The Labute approximate surface area is 126 Å². The summed E-state index contributed by atoms with van der Waals surface area (Å²) in [4.78, 5) is 2.68. The van der Waals surface area contributed by atoms with Crippen LogP contribution >= 0.6 is 34.9 Å². The van der Waals surface area contributed by atoms with Crippen molar-refractivity contribution in [1.29, 1.82) is 0 Å². The first kappa shape index (κ1) is 13.1. The van der Waals surface area contributed by atoms with Crippen molar-refractivity contribution in [2.45, 2.75) is 26.2 Å². The van der Waals surface area contributed by atoms with Gasteiger partial charge in [0, 0.05) is 9.80 Å². The van der Waals surface area contributed by atoms with E-state index in [-0.39, 0.29) is 0 Å². The molecule has 0 fully saturated rings. The molecule has 3 heteroatoms. The molecular formula is C16H14S3. The third kappa shape index (κ3) is 3.78. The molecule has 1 aliphatic carbocycles. The maximum Gasteiger partial charge on any atom is 0.0658 e. The standard InChI is InChI=1S/C16H14S3/c1-3-7-13(8-4-1)17-15-11-12-16(19-15)18-14-9-5-2-6-10-14/h1,3-5,7-12H,2,6H2. The average molecular weight is 302 g/mol. The largest absolute Gasteiger partial charge is 0.122 e. The van der Waals surface area contributed by atoms with Crippen molar-refractivity contribution in [2.75, 3.05) is 0 Å². The Morgan fingerprint density at radius 3 is 2.37 bits per heavy atom. The van der Waals surface area contributed by atoms with E-state index in [1.807, 2.05) is 34.9 Å². The number of hydrogen-bond donors (Lipinski definition) is 0. The Hall–Kier alpha value is -0.900. The number of thiophene rings is 1. The molecule has 0 amide bonds. The molecule has 1 heterocycles. The van der Waals surface area contributed by atoms with Crippen LogP contribution in [0.4, 0.5) is 0 Å². The van der Waals surface area contributed by atoms with Crippen LogP contribution in [0.5, 0.6) is 0 Å². The molecule has 0 aliphatic heterocycles. The fourth-order valence-electron chi connectivity index (χ4n) is 1.80. The van der Waals surface area contributed by atoms with E-state index in [9.17, 15) is 0 Å². The lowest BCUT2D eigenvalue weighted by Crippen LogP contribution is -1.78. The van der Waals surface area contributed by atoms with Crippen LogP contribution in [-0.2, 0) is 0 Å². The topological polar surface area (TPSA) is 0 Å². The summed E-state index contributed by atoms with van der Waals surface area (Å²) >= 11 is 5.59. The average Bonchev–Trinajstić information content (AvgIpc) is 2.88. The minimum atomic E-state index is 1.18. The zero-order chi connectivity index (χ0) is 12.9. The van der Waals surface area contributed by atoms with E-state index in [0.717, 1.165) is 0 Å². The lowest BCUT2D eigenvalue weighted by Gasteiger charge is -2.03. The molecule has 1 aromatic carbocycles. The van der Waals surface area contributed by atoms with Crippen molar-refractivity contribution >= 4 is 34.9 Å². The zero-order valence-electron chi connectivity index (χ0n) is 10.4. The minimum Gasteiger partial charge on any atom is -0.122 e. The molecule has 1 aliphatic rings. The fourth-order valence-corrected chi connectivity index (χ4v) is 5.27. The highest BCUT2D eigenvalue weighted by molar-refractivity contribution is 8.06. The Kier molecular flexibility index (Phi) is 4.49. The highest BCUT2D eigenvalue weighted by Gasteiger charge is 2.05.